The molecule has 0 bridgehead atoms. The number of benzene rings is 2. The fourth-order valence-electron chi connectivity index (χ4n) is 3.29. The Morgan fingerprint density at radius 1 is 1.10 bits per heavy atom. The number of hydrogen-bond acceptors (Lipinski definition) is 1. The van der Waals surface area contributed by atoms with Gasteiger partial charge in [0.2, 0.25) is 0 Å². The van der Waals surface area contributed by atoms with E-state index in [1.807, 2.05) is 0 Å². The molecule has 0 aromatic heterocycles. The topological polar surface area (TPSA) is 12.4 Å². The molecular formula is C20H23N. The smallest absolute Gasteiger partial charge is 0.0499 e. The molecule has 2 aromatic carbocycles. The van der Waals surface area contributed by atoms with Crippen LogP contribution in [0.2, 0.25) is 0 Å². The van der Waals surface area contributed by atoms with E-state index < -0.39 is 0 Å². The van der Waals surface area contributed by atoms with E-state index in [2.05, 4.69) is 56.1 Å². The van der Waals surface area contributed by atoms with Crippen LogP contribution in [0.25, 0.3) is 16.3 Å². The summed E-state index contributed by atoms with van der Waals surface area (Å²) in [5, 5.41) is 2.54. The van der Waals surface area contributed by atoms with Crippen molar-refractivity contribution in [3.8, 4) is 0 Å². The summed E-state index contributed by atoms with van der Waals surface area (Å²) < 4.78 is 0. The summed E-state index contributed by atoms with van der Waals surface area (Å²) in [5.74, 6) is 0. The number of allylic oxidation sites excluding steroid dienone is 1. The molecule has 0 heterocycles. The summed E-state index contributed by atoms with van der Waals surface area (Å²) in [6.07, 6.45) is 8.59. The molecule has 108 valence electrons. The van der Waals surface area contributed by atoms with Crippen LogP contribution in [-0.2, 0) is 0 Å². The van der Waals surface area contributed by atoms with Gasteiger partial charge in [-0.15, -0.1) is 0 Å². The zero-order valence-electron chi connectivity index (χ0n) is 12.8. The minimum atomic E-state index is 0.517. The lowest BCUT2D eigenvalue weighted by Crippen LogP contribution is -2.09. The highest BCUT2D eigenvalue weighted by atomic mass is 14.8. The molecule has 0 saturated heterocycles. The number of nitrogens with zero attached hydrogens (tertiary/aromatic N) is 1. The van der Waals surface area contributed by atoms with Gasteiger partial charge in [-0.1, -0.05) is 62.2 Å². The number of fused-ring (bicyclic) bond motifs is 1. The second kappa shape index (κ2) is 6.26. The molecule has 1 nitrogen and oxygen atoms in total. The number of aliphatic imine (C=N–C) groups is 1. The van der Waals surface area contributed by atoms with Crippen molar-refractivity contribution in [3.05, 3.63) is 54.1 Å². The van der Waals surface area contributed by atoms with Gasteiger partial charge in [0.25, 0.3) is 0 Å². The molecule has 3 rings (SSSR count). The van der Waals surface area contributed by atoms with Gasteiger partial charge in [-0.2, -0.15) is 0 Å². The summed E-state index contributed by atoms with van der Waals surface area (Å²) in [7, 11) is 0. The second-order valence-electron chi connectivity index (χ2n) is 6.10. The average molecular weight is 277 g/mol. The van der Waals surface area contributed by atoms with Gasteiger partial charge in [0.1, 0.15) is 0 Å². The summed E-state index contributed by atoms with van der Waals surface area (Å²) >= 11 is 0. The third kappa shape index (κ3) is 3.07. The van der Waals surface area contributed by atoms with Crippen LogP contribution in [0.15, 0.2) is 48.0 Å². The maximum absolute atomic E-state index is 4.84. The van der Waals surface area contributed by atoms with E-state index >= 15 is 0 Å². The summed E-state index contributed by atoms with van der Waals surface area (Å²) in [4.78, 5) is 4.84. The van der Waals surface area contributed by atoms with Crippen LogP contribution in [0.4, 0.5) is 0 Å². The first-order valence-electron chi connectivity index (χ1n) is 7.96. The van der Waals surface area contributed by atoms with E-state index in [-0.39, 0.29) is 0 Å². The molecule has 1 aliphatic rings. The highest BCUT2D eigenvalue weighted by Gasteiger charge is 2.12. The van der Waals surface area contributed by atoms with Crippen molar-refractivity contribution in [2.45, 2.75) is 45.1 Å². The molecule has 1 aliphatic carbocycles. The van der Waals surface area contributed by atoms with Crippen LogP contribution >= 0.6 is 0 Å². The Bertz CT molecular complexity index is 675. The lowest BCUT2D eigenvalue weighted by atomic mass is 9.94. The van der Waals surface area contributed by atoms with Crippen molar-refractivity contribution in [1.29, 1.82) is 0 Å². The van der Waals surface area contributed by atoms with Gasteiger partial charge in [-0.3, -0.25) is 4.99 Å². The highest BCUT2D eigenvalue weighted by molar-refractivity contribution is 6.01. The normalized spacial score (nSPS) is 16.6. The van der Waals surface area contributed by atoms with E-state index in [9.17, 15) is 0 Å². The molecule has 1 heteroatoms. The van der Waals surface area contributed by atoms with E-state index in [1.165, 1.54) is 54.0 Å². The molecule has 0 radical (unpaired) electrons. The lowest BCUT2D eigenvalue weighted by molar-refractivity contribution is 0.444. The Labute approximate surface area is 127 Å². The van der Waals surface area contributed by atoms with Crippen LogP contribution in [0.1, 0.15) is 50.2 Å². The van der Waals surface area contributed by atoms with Crippen LogP contribution in [0.5, 0.6) is 0 Å². The maximum Gasteiger partial charge on any atom is 0.0499 e. The molecule has 1 saturated carbocycles. The molecular weight excluding hydrogens is 254 g/mol. The van der Waals surface area contributed by atoms with Gasteiger partial charge in [0.05, 0.1) is 0 Å². The second-order valence-corrected chi connectivity index (χ2v) is 6.10. The lowest BCUT2D eigenvalue weighted by Gasteiger charge is -2.17. The zero-order valence-corrected chi connectivity index (χ0v) is 12.8. The first-order valence-corrected chi connectivity index (χ1v) is 7.96. The van der Waals surface area contributed by atoms with Crippen molar-refractivity contribution < 1.29 is 0 Å². The number of hydrogen-bond donors (Lipinski definition) is 0. The largest absolute Gasteiger partial charge is 0.289 e. The van der Waals surface area contributed by atoms with Crippen molar-refractivity contribution >= 4 is 22.6 Å². The summed E-state index contributed by atoms with van der Waals surface area (Å²) in [5.41, 5.74) is 3.55. The third-order valence-electron chi connectivity index (χ3n) is 4.39. The van der Waals surface area contributed by atoms with Crippen LogP contribution in [-0.4, -0.2) is 12.3 Å². The molecule has 0 unspecified atom stereocenters. The van der Waals surface area contributed by atoms with Crippen molar-refractivity contribution in [2.24, 2.45) is 4.99 Å². The number of rotatable bonds is 3. The van der Waals surface area contributed by atoms with E-state index in [1.54, 1.807) is 0 Å². The van der Waals surface area contributed by atoms with E-state index in [0.29, 0.717) is 6.04 Å². The first kappa shape index (κ1) is 14.1. The Balaban J connectivity index is 1.99. The van der Waals surface area contributed by atoms with Gasteiger partial charge in [0, 0.05) is 17.8 Å². The van der Waals surface area contributed by atoms with Gasteiger partial charge in [0.15, 0.2) is 0 Å². The maximum atomic E-state index is 4.84. The van der Waals surface area contributed by atoms with Crippen molar-refractivity contribution in [1.82, 2.24) is 0 Å². The molecule has 0 amide bonds. The van der Waals surface area contributed by atoms with Crippen LogP contribution in [0, 0.1) is 0 Å². The highest BCUT2D eigenvalue weighted by Crippen LogP contribution is 2.27. The fraction of sp³-hybridized carbons (Fsp3) is 0.350. The SMILES string of the molecule is C=C(C)c1c(C=NC2CCCCC2)ccc2ccccc12. The van der Waals surface area contributed by atoms with Crippen molar-refractivity contribution in [3.63, 3.8) is 0 Å². The first-order chi connectivity index (χ1) is 10.3. The molecule has 2 aromatic rings. The van der Waals surface area contributed by atoms with E-state index in [4.69, 9.17) is 4.99 Å². The molecule has 21 heavy (non-hydrogen) atoms. The monoisotopic (exact) mass is 277 g/mol. The molecule has 0 spiro atoms. The molecule has 0 atom stereocenters. The Morgan fingerprint density at radius 2 is 1.86 bits per heavy atom. The minimum absolute atomic E-state index is 0.517. The average Bonchev–Trinajstić information content (AvgIpc) is 2.53. The Hall–Kier alpha value is -1.89. The Morgan fingerprint density at radius 3 is 2.62 bits per heavy atom. The van der Waals surface area contributed by atoms with Crippen LogP contribution in [0.3, 0.4) is 0 Å². The molecule has 0 aliphatic heterocycles. The quantitative estimate of drug-likeness (QED) is 0.645. The predicted molar refractivity (Wildman–Crippen MR) is 93.1 cm³/mol. The van der Waals surface area contributed by atoms with Gasteiger partial charge >= 0.3 is 0 Å². The molecule has 1 fully saturated rings. The van der Waals surface area contributed by atoms with Gasteiger partial charge in [-0.05, 0) is 41.7 Å². The van der Waals surface area contributed by atoms with Gasteiger partial charge < -0.3 is 0 Å². The summed E-state index contributed by atoms with van der Waals surface area (Å²) in [6, 6.07) is 13.4. The summed E-state index contributed by atoms with van der Waals surface area (Å²) in [6.45, 7) is 6.25. The minimum Gasteiger partial charge on any atom is -0.289 e. The van der Waals surface area contributed by atoms with Crippen molar-refractivity contribution in [2.75, 3.05) is 0 Å². The standard InChI is InChI=1S/C20H23N/c1-15(2)20-17(14-21-18-9-4-3-5-10-18)13-12-16-8-6-7-11-19(16)20/h6-8,11-14,18H,1,3-5,9-10H2,2H3. The third-order valence-corrected chi connectivity index (χ3v) is 4.39. The van der Waals surface area contributed by atoms with Crippen LogP contribution < -0.4 is 0 Å². The fourth-order valence-corrected chi connectivity index (χ4v) is 3.29. The predicted octanol–water partition coefficient (Wildman–Crippen LogP) is 5.62. The molecule has 0 N–H and O–H groups in total. The zero-order chi connectivity index (χ0) is 14.7. The van der Waals surface area contributed by atoms with E-state index in [0.717, 1.165) is 5.57 Å². The Kier molecular flexibility index (Phi) is 4.19. The van der Waals surface area contributed by atoms with Gasteiger partial charge in [-0.25, -0.2) is 0 Å².